The highest BCUT2D eigenvalue weighted by atomic mass is 16.6. The van der Waals surface area contributed by atoms with Crippen molar-refractivity contribution in [1.82, 2.24) is 10.6 Å². The smallest absolute Gasteiger partial charge is 0.270 e. The summed E-state index contributed by atoms with van der Waals surface area (Å²) in [6, 6.07) is 4.73. The summed E-state index contributed by atoms with van der Waals surface area (Å²) in [7, 11) is 0. The molecule has 2 amide bonds. The van der Waals surface area contributed by atoms with Crippen molar-refractivity contribution < 1.29 is 14.5 Å². The van der Waals surface area contributed by atoms with E-state index in [9.17, 15) is 19.7 Å². The van der Waals surface area contributed by atoms with Gasteiger partial charge >= 0.3 is 0 Å². The van der Waals surface area contributed by atoms with Crippen molar-refractivity contribution in [3.8, 4) is 0 Å². The van der Waals surface area contributed by atoms with Gasteiger partial charge in [0.25, 0.3) is 11.6 Å². The number of carbonyl (C=O) groups is 2. The van der Waals surface area contributed by atoms with E-state index in [1.54, 1.807) is 6.92 Å². The molecule has 0 saturated carbocycles. The maximum absolute atomic E-state index is 12.1. The van der Waals surface area contributed by atoms with Crippen LogP contribution in [0.4, 0.5) is 5.69 Å². The first-order valence-corrected chi connectivity index (χ1v) is 8.20. The Labute approximate surface area is 142 Å². The zero-order chi connectivity index (χ0) is 18.1. The lowest BCUT2D eigenvalue weighted by molar-refractivity contribution is -0.384. The minimum absolute atomic E-state index is 0.0428. The van der Waals surface area contributed by atoms with Gasteiger partial charge in [-0.3, -0.25) is 19.7 Å². The second kappa shape index (κ2) is 9.64. The predicted octanol–water partition coefficient (Wildman–Crippen LogP) is 2.80. The van der Waals surface area contributed by atoms with Crippen LogP contribution in [-0.4, -0.2) is 28.8 Å². The molecule has 0 fully saturated rings. The number of hydrogen-bond acceptors (Lipinski definition) is 4. The van der Waals surface area contributed by atoms with Gasteiger partial charge in [0, 0.05) is 23.7 Å². The summed E-state index contributed by atoms with van der Waals surface area (Å²) < 4.78 is 0. The molecule has 0 aromatic heterocycles. The Hall–Kier alpha value is -2.44. The molecular formula is C17H25N3O4. The highest BCUT2D eigenvalue weighted by Gasteiger charge is 2.19. The first-order valence-electron chi connectivity index (χ1n) is 8.20. The molecule has 1 rings (SSSR count). The molecule has 2 N–H and O–H groups in total. The number of carbonyl (C=O) groups excluding carboxylic acids is 2. The van der Waals surface area contributed by atoms with Crippen LogP contribution in [0.1, 0.15) is 56.8 Å². The molecule has 0 aliphatic heterocycles. The number of hydrogen-bond donors (Lipinski definition) is 2. The van der Waals surface area contributed by atoms with Gasteiger partial charge in [0.15, 0.2) is 0 Å². The number of benzene rings is 1. The van der Waals surface area contributed by atoms with Crippen LogP contribution in [0.15, 0.2) is 24.3 Å². The zero-order valence-electron chi connectivity index (χ0n) is 14.4. The van der Waals surface area contributed by atoms with Gasteiger partial charge in [0.05, 0.1) is 4.92 Å². The van der Waals surface area contributed by atoms with E-state index in [0.717, 1.165) is 25.7 Å². The van der Waals surface area contributed by atoms with Gasteiger partial charge in [0.2, 0.25) is 5.91 Å². The van der Waals surface area contributed by atoms with E-state index >= 15 is 0 Å². The van der Waals surface area contributed by atoms with Gasteiger partial charge in [-0.1, -0.05) is 32.3 Å². The maximum Gasteiger partial charge on any atom is 0.270 e. The van der Waals surface area contributed by atoms with Gasteiger partial charge < -0.3 is 10.6 Å². The second-order valence-corrected chi connectivity index (χ2v) is 5.91. The Morgan fingerprint density at radius 1 is 1.21 bits per heavy atom. The van der Waals surface area contributed by atoms with Crippen LogP contribution in [-0.2, 0) is 4.79 Å². The summed E-state index contributed by atoms with van der Waals surface area (Å²) in [5.41, 5.74) is -0.0101. The molecule has 24 heavy (non-hydrogen) atoms. The van der Waals surface area contributed by atoms with Gasteiger partial charge in [-0.05, 0) is 26.3 Å². The molecule has 0 bridgehead atoms. The molecule has 0 radical (unpaired) electrons. The van der Waals surface area contributed by atoms with E-state index in [-0.39, 0.29) is 23.2 Å². The van der Waals surface area contributed by atoms with Crippen LogP contribution in [0, 0.1) is 10.1 Å². The molecule has 2 atom stereocenters. The summed E-state index contributed by atoms with van der Waals surface area (Å²) in [6.07, 6.45) is 4.19. The number of rotatable bonds is 9. The SMILES string of the molecule is CCCCCC(C)NC(=O)C(C)NC(=O)c1cccc([N+](=O)[O-])c1. The number of nitrogens with one attached hydrogen (secondary N) is 2. The summed E-state index contributed by atoms with van der Waals surface area (Å²) in [6.45, 7) is 5.64. The van der Waals surface area contributed by atoms with E-state index in [1.807, 2.05) is 6.92 Å². The van der Waals surface area contributed by atoms with Crippen molar-refractivity contribution in [2.24, 2.45) is 0 Å². The lowest BCUT2D eigenvalue weighted by atomic mass is 10.1. The molecule has 0 aliphatic rings. The van der Waals surface area contributed by atoms with Crippen LogP contribution in [0.25, 0.3) is 0 Å². The second-order valence-electron chi connectivity index (χ2n) is 5.91. The van der Waals surface area contributed by atoms with Gasteiger partial charge in [-0.15, -0.1) is 0 Å². The van der Waals surface area contributed by atoms with E-state index < -0.39 is 16.9 Å². The fourth-order valence-corrected chi connectivity index (χ4v) is 2.25. The monoisotopic (exact) mass is 335 g/mol. The largest absolute Gasteiger partial charge is 0.352 e. The molecule has 1 aromatic carbocycles. The Morgan fingerprint density at radius 3 is 2.54 bits per heavy atom. The molecule has 0 aliphatic carbocycles. The number of nitro benzene ring substituents is 1. The molecule has 2 unspecified atom stereocenters. The van der Waals surface area contributed by atoms with Crippen molar-refractivity contribution in [3.63, 3.8) is 0 Å². The molecule has 7 heteroatoms. The van der Waals surface area contributed by atoms with Crippen LogP contribution in [0.3, 0.4) is 0 Å². The van der Waals surface area contributed by atoms with Gasteiger partial charge in [-0.2, -0.15) is 0 Å². The third kappa shape index (κ3) is 6.36. The third-order valence-corrected chi connectivity index (χ3v) is 3.69. The lowest BCUT2D eigenvalue weighted by Crippen LogP contribution is -2.47. The first-order chi connectivity index (χ1) is 11.3. The fourth-order valence-electron chi connectivity index (χ4n) is 2.25. The summed E-state index contributed by atoms with van der Waals surface area (Å²) >= 11 is 0. The van der Waals surface area contributed by atoms with Crippen molar-refractivity contribution in [3.05, 3.63) is 39.9 Å². The summed E-state index contributed by atoms with van der Waals surface area (Å²) in [4.78, 5) is 34.4. The highest BCUT2D eigenvalue weighted by molar-refractivity contribution is 5.97. The van der Waals surface area contributed by atoms with E-state index in [0.29, 0.717) is 0 Å². The van der Waals surface area contributed by atoms with E-state index in [4.69, 9.17) is 0 Å². The quantitative estimate of drug-likeness (QED) is 0.411. The average Bonchev–Trinajstić information content (AvgIpc) is 2.54. The van der Waals surface area contributed by atoms with Crippen molar-refractivity contribution in [1.29, 1.82) is 0 Å². The standard InChI is InChI=1S/C17H25N3O4/c1-4-5-6-8-12(2)18-16(21)13(3)19-17(22)14-9-7-10-15(11-14)20(23)24/h7,9-13H,4-6,8H2,1-3H3,(H,18,21)(H,19,22). The van der Waals surface area contributed by atoms with Crippen LogP contribution in [0.5, 0.6) is 0 Å². The Morgan fingerprint density at radius 2 is 1.92 bits per heavy atom. The Balaban J connectivity index is 2.55. The highest BCUT2D eigenvalue weighted by Crippen LogP contribution is 2.13. The molecule has 7 nitrogen and oxygen atoms in total. The maximum atomic E-state index is 12.1. The number of nitrogens with zero attached hydrogens (tertiary/aromatic N) is 1. The number of unbranched alkanes of at least 4 members (excludes halogenated alkanes) is 2. The Bertz CT molecular complexity index is 589. The van der Waals surface area contributed by atoms with Gasteiger partial charge in [-0.25, -0.2) is 0 Å². The molecule has 0 spiro atoms. The van der Waals surface area contributed by atoms with Crippen molar-refractivity contribution in [2.75, 3.05) is 0 Å². The molecule has 1 aromatic rings. The number of nitro groups is 1. The minimum Gasteiger partial charge on any atom is -0.352 e. The molecular weight excluding hydrogens is 310 g/mol. The van der Waals surface area contributed by atoms with Crippen molar-refractivity contribution >= 4 is 17.5 Å². The fraction of sp³-hybridized carbons (Fsp3) is 0.529. The lowest BCUT2D eigenvalue weighted by Gasteiger charge is -2.18. The van der Waals surface area contributed by atoms with Crippen LogP contribution < -0.4 is 10.6 Å². The van der Waals surface area contributed by atoms with Crippen molar-refractivity contribution in [2.45, 2.75) is 58.5 Å². The molecule has 132 valence electrons. The van der Waals surface area contributed by atoms with E-state index in [1.165, 1.54) is 24.3 Å². The first kappa shape index (κ1) is 19.6. The van der Waals surface area contributed by atoms with E-state index in [2.05, 4.69) is 17.6 Å². The Kier molecular flexibility index (Phi) is 7.88. The minimum atomic E-state index is -0.717. The predicted molar refractivity (Wildman–Crippen MR) is 91.8 cm³/mol. The third-order valence-electron chi connectivity index (χ3n) is 3.69. The molecule has 0 heterocycles. The topological polar surface area (TPSA) is 101 Å². The number of amides is 2. The molecule has 0 saturated heterocycles. The normalized spacial score (nSPS) is 13.0. The average molecular weight is 335 g/mol. The van der Waals surface area contributed by atoms with Gasteiger partial charge in [0.1, 0.15) is 6.04 Å². The van der Waals surface area contributed by atoms with Crippen LogP contribution >= 0.6 is 0 Å². The summed E-state index contributed by atoms with van der Waals surface area (Å²) in [5, 5.41) is 16.2. The van der Waals surface area contributed by atoms with Crippen LogP contribution in [0.2, 0.25) is 0 Å². The summed E-state index contributed by atoms with van der Waals surface area (Å²) in [5.74, 6) is -0.780. The number of non-ortho nitro benzene ring substituents is 1. The zero-order valence-corrected chi connectivity index (χ0v) is 14.4.